The lowest BCUT2D eigenvalue weighted by molar-refractivity contribution is 0.00612. The van der Waals surface area contributed by atoms with Crippen molar-refractivity contribution in [2.45, 2.75) is 38.0 Å². The highest BCUT2D eigenvalue weighted by molar-refractivity contribution is 5.81. The summed E-state index contributed by atoms with van der Waals surface area (Å²) in [6.07, 6.45) is 3.01. The number of hydrogen-bond donors (Lipinski definition) is 3. The molecule has 0 aliphatic heterocycles. The molecule has 2 aromatic heterocycles. The zero-order chi connectivity index (χ0) is 13.6. The van der Waals surface area contributed by atoms with Crippen LogP contribution in [-0.2, 0) is 0 Å². The molecule has 0 spiro atoms. The number of fused-ring (bicyclic) bond motifs is 1. The first-order valence-electron chi connectivity index (χ1n) is 6.42. The zero-order valence-electron chi connectivity index (χ0n) is 10.6. The summed E-state index contributed by atoms with van der Waals surface area (Å²) in [6.45, 7) is 2.01. The monoisotopic (exact) mass is 263 g/mol. The Morgan fingerprint density at radius 3 is 2.79 bits per heavy atom. The number of nitrogen functional groups attached to an aromatic ring is 1. The number of nitrogens with zero attached hydrogens (tertiary/aromatic N) is 4. The molecule has 1 aliphatic rings. The maximum absolute atomic E-state index is 10.2. The first-order valence-corrected chi connectivity index (χ1v) is 6.42. The van der Waals surface area contributed by atoms with Crippen molar-refractivity contribution >= 4 is 17.0 Å². The van der Waals surface area contributed by atoms with Crippen molar-refractivity contribution in [2.24, 2.45) is 5.92 Å². The van der Waals surface area contributed by atoms with E-state index in [2.05, 4.69) is 15.0 Å². The average molecular weight is 263 g/mol. The van der Waals surface area contributed by atoms with Crippen molar-refractivity contribution in [3.05, 3.63) is 12.7 Å². The van der Waals surface area contributed by atoms with Crippen LogP contribution in [0.1, 0.15) is 25.8 Å². The van der Waals surface area contributed by atoms with Gasteiger partial charge in [0.25, 0.3) is 0 Å². The molecule has 0 saturated heterocycles. The highest BCUT2D eigenvalue weighted by Crippen LogP contribution is 2.38. The van der Waals surface area contributed by atoms with Gasteiger partial charge in [-0.3, -0.25) is 0 Å². The summed E-state index contributed by atoms with van der Waals surface area (Å²) in [7, 11) is 0. The third-order valence-electron chi connectivity index (χ3n) is 4.04. The molecule has 4 N–H and O–H groups in total. The van der Waals surface area contributed by atoms with E-state index in [4.69, 9.17) is 5.73 Å². The molecule has 1 fully saturated rings. The van der Waals surface area contributed by atoms with Gasteiger partial charge in [0.15, 0.2) is 11.5 Å². The smallest absolute Gasteiger partial charge is 0.165 e. The molecule has 3 rings (SSSR count). The Labute approximate surface area is 110 Å². The minimum absolute atomic E-state index is 0.0941. The molecule has 0 aromatic carbocycles. The number of aliphatic hydroxyl groups excluding tert-OH is 2. The van der Waals surface area contributed by atoms with Crippen molar-refractivity contribution in [1.29, 1.82) is 0 Å². The summed E-state index contributed by atoms with van der Waals surface area (Å²) in [5.41, 5.74) is 6.87. The fraction of sp³-hybridized carbons (Fsp3) is 0.583. The van der Waals surface area contributed by atoms with E-state index < -0.39 is 12.2 Å². The number of imidazole rings is 1. The summed E-state index contributed by atoms with van der Waals surface area (Å²) >= 11 is 0. The van der Waals surface area contributed by atoms with Gasteiger partial charge in [-0.1, -0.05) is 13.3 Å². The van der Waals surface area contributed by atoms with Crippen LogP contribution in [0.25, 0.3) is 11.2 Å². The standard InChI is InChI=1S/C12H17N5O2/c1-2-6-3-7(10(19)9(6)18)17-5-16-8-11(13)14-4-15-12(8)17/h4-7,9-10,18-19H,2-3H2,1H3,(H2,13,14,15)/t6-,7+,9+,10-/m0/s1. The summed E-state index contributed by atoms with van der Waals surface area (Å²) in [5.74, 6) is 0.417. The molecule has 19 heavy (non-hydrogen) atoms. The van der Waals surface area contributed by atoms with Gasteiger partial charge in [-0.25, -0.2) is 15.0 Å². The fourth-order valence-electron chi connectivity index (χ4n) is 2.89. The number of anilines is 1. The zero-order valence-corrected chi connectivity index (χ0v) is 10.6. The Balaban J connectivity index is 2.04. The average Bonchev–Trinajstić information content (AvgIpc) is 2.94. The molecule has 2 aromatic rings. The third kappa shape index (κ3) is 1.77. The number of nitrogens with two attached hydrogens (primary N) is 1. The van der Waals surface area contributed by atoms with Crippen LogP contribution in [0.4, 0.5) is 5.82 Å². The number of aliphatic hydroxyl groups is 2. The topological polar surface area (TPSA) is 110 Å². The first-order chi connectivity index (χ1) is 9.13. The van der Waals surface area contributed by atoms with Crippen molar-refractivity contribution in [3.63, 3.8) is 0 Å². The Hall–Kier alpha value is -1.73. The highest BCUT2D eigenvalue weighted by Gasteiger charge is 2.42. The van der Waals surface area contributed by atoms with E-state index in [1.807, 2.05) is 6.92 Å². The summed E-state index contributed by atoms with van der Waals surface area (Å²) in [6, 6.07) is -0.223. The second-order valence-electron chi connectivity index (χ2n) is 5.04. The van der Waals surface area contributed by atoms with Crippen LogP contribution in [-0.4, -0.2) is 41.9 Å². The molecular formula is C12H17N5O2. The van der Waals surface area contributed by atoms with Crippen LogP contribution in [0.2, 0.25) is 0 Å². The second-order valence-corrected chi connectivity index (χ2v) is 5.04. The molecule has 7 nitrogen and oxygen atoms in total. The van der Waals surface area contributed by atoms with E-state index in [1.165, 1.54) is 6.33 Å². The van der Waals surface area contributed by atoms with Crippen LogP contribution >= 0.6 is 0 Å². The molecule has 4 atom stereocenters. The molecule has 102 valence electrons. The minimum atomic E-state index is -0.807. The molecule has 0 bridgehead atoms. The van der Waals surface area contributed by atoms with Gasteiger partial charge >= 0.3 is 0 Å². The van der Waals surface area contributed by atoms with Gasteiger partial charge in [0, 0.05) is 0 Å². The highest BCUT2D eigenvalue weighted by atomic mass is 16.3. The molecule has 0 radical (unpaired) electrons. The van der Waals surface area contributed by atoms with Gasteiger partial charge in [0.05, 0.1) is 18.5 Å². The lowest BCUT2D eigenvalue weighted by Crippen LogP contribution is -2.29. The molecule has 2 heterocycles. The van der Waals surface area contributed by atoms with E-state index in [-0.39, 0.29) is 12.0 Å². The van der Waals surface area contributed by atoms with E-state index in [1.54, 1.807) is 10.9 Å². The molecule has 7 heteroatoms. The van der Waals surface area contributed by atoms with Crippen LogP contribution in [0.5, 0.6) is 0 Å². The molecule has 1 saturated carbocycles. The second kappa shape index (κ2) is 4.43. The molecule has 0 unspecified atom stereocenters. The van der Waals surface area contributed by atoms with Crippen molar-refractivity contribution in [3.8, 4) is 0 Å². The molecule has 1 aliphatic carbocycles. The predicted octanol–water partition coefficient (Wildman–Crippen LogP) is 0.101. The lowest BCUT2D eigenvalue weighted by Gasteiger charge is -2.18. The van der Waals surface area contributed by atoms with Gasteiger partial charge in [-0.15, -0.1) is 0 Å². The Morgan fingerprint density at radius 2 is 2.11 bits per heavy atom. The third-order valence-corrected chi connectivity index (χ3v) is 4.04. The van der Waals surface area contributed by atoms with Gasteiger partial charge < -0.3 is 20.5 Å². The van der Waals surface area contributed by atoms with E-state index >= 15 is 0 Å². The number of aromatic nitrogens is 4. The Bertz CT molecular complexity index is 599. The van der Waals surface area contributed by atoms with E-state index in [9.17, 15) is 10.2 Å². The van der Waals surface area contributed by atoms with Crippen molar-refractivity contribution in [1.82, 2.24) is 19.5 Å². The van der Waals surface area contributed by atoms with Gasteiger partial charge in [0.2, 0.25) is 0 Å². The van der Waals surface area contributed by atoms with E-state index in [0.29, 0.717) is 23.4 Å². The van der Waals surface area contributed by atoms with E-state index in [0.717, 1.165) is 6.42 Å². The minimum Gasteiger partial charge on any atom is -0.390 e. The van der Waals surface area contributed by atoms with Gasteiger partial charge in [0.1, 0.15) is 17.9 Å². The quantitative estimate of drug-likeness (QED) is 0.709. The van der Waals surface area contributed by atoms with Crippen molar-refractivity contribution in [2.75, 3.05) is 5.73 Å². The summed E-state index contributed by atoms with van der Waals surface area (Å²) in [4.78, 5) is 12.3. The molecule has 0 amide bonds. The molecular weight excluding hydrogens is 246 g/mol. The maximum Gasteiger partial charge on any atom is 0.165 e. The first kappa shape index (κ1) is 12.3. The van der Waals surface area contributed by atoms with Crippen LogP contribution in [0.3, 0.4) is 0 Å². The predicted molar refractivity (Wildman–Crippen MR) is 69.2 cm³/mol. The van der Waals surface area contributed by atoms with Gasteiger partial charge in [-0.05, 0) is 12.3 Å². The Kier molecular flexibility index (Phi) is 2.87. The number of hydrogen-bond acceptors (Lipinski definition) is 6. The van der Waals surface area contributed by atoms with Crippen LogP contribution in [0.15, 0.2) is 12.7 Å². The SMILES string of the molecule is CC[C@H]1C[C@@H](n2cnc3c(N)ncnc32)[C@H](O)[C@@H]1O. The lowest BCUT2D eigenvalue weighted by atomic mass is 10.0. The summed E-state index contributed by atoms with van der Waals surface area (Å²) in [5, 5.41) is 20.2. The maximum atomic E-state index is 10.2. The van der Waals surface area contributed by atoms with Crippen molar-refractivity contribution < 1.29 is 10.2 Å². The normalized spacial score (nSPS) is 31.1. The van der Waals surface area contributed by atoms with Crippen LogP contribution < -0.4 is 5.73 Å². The largest absolute Gasteiger partial charge is 0.390 e. The fourth-order valence-corrected chi connectivity index (χ4v) is 2.89. The van der Waals surface area contributed by atoms with Crippen LogP contribution in [0, 0.1) is 5.92 Å². The number of rotatable bonds is 2. The van der Waals surface area contributed by atoms with Gasteiger partial charge in [-0.2, -0.15) is 0 Å². The summed E-state index contributed by atoms with van der Waals surface area (Å²) < 4.78 is 1.79. The Morgan fingerprint density at radius 1 is 1.32 bits per heavy atom.